The molecule has 2 aromatic rings. The molecule has 2 rings (SSSR count). The molecular weight excluding hydrogens is 300 g/mol. The topological polar surface area (TPSA) is 59.5 Å². The fourth-order valence-corrected chi connectivity index (χ4v) is 2.68. The molecule has 1 heterocycles. The van der Waals surface area contributed by atoms with E-state index >= 15 is 0 Å². The Balaban J connectivity index is 2.20. The molecule has 0 saturated heterocycles. The Morgan fingerprint density at radius 1 is 1.32 bits per heavy atom. The smallest absolute Gasteiger partial charge is 0.258 e. The lowest BCUT2D eigenvalue weighted by molar-refractivity contribution is 0.0993. The van der Waals surface area contributed by atoms with Gasteiger partial charge in [-0.15, -0.1) is 0 Å². The van der Waals surface area contributed by atoms with E-state index < -0.39 is 10.8 Å². The third kappa shape index (κ3) is 3.92. The Kier molecular flexibility index (Phi) is 5.27. The molecule has 1 aromatic carbocycles. The van der Waals surface area contributed by atoms with Crippen LogP contribution in [-0.4, -0.2) is 35.5 Å². The van der Waals surface area contributed by atoms with Crippen molar-refractivity contribution < 1.29 is 13.7 Å². The van der Waals surface area contributed by atoms with Crippen LogP contribution < -0.4 is 9.64 Å². The summed E-state index contributed by atoms with van der Waals surface area (Å²) in [7, 11) is 2.30. The van der Waals surface area contributed by atoms with E-state index in [9.17, 15) is 9.00 Å². The van der Waals surface area contributed by atoms with E-state index in [2.05, 4.69) is 4.98 Å². The summed E-state index contributed by atoms with van der Waals surface area (Å²) in [4.78, 5) is 18.1. The number of carbonyl (C=O) groups excluding carboxylic acids is 1. The number of aromatic nitrogens is 1. The van der Waals surface area contributed by atoms with Crippen LogP contribution in [0.1, 0.15) is 15.9 Å². The van der Waals surface area contributed by atoms with Gasteiger partial charge in [-0.25, -0.2) is 4.98 Å². The zero-order chi connectivity index (χ0) is 16.1. The lowest BCUT2D eigenvalue weighted by Crippen LogP contribution is -2.26. The van der Waals surface area contributed by atoms with E-state index in [-0.39, 0.29) is 5.91 Å². The molecule has 0 fully saturated rings. The van der Waals surface area contributed by atoms with E-state index in [1.54, 1.807) is 56.9 Å². The monoisotopic (exact) mass is 318 g/mol. The van der Waals surface area contributed by atoms with Crippen LogP contribution >= 0.6 is 0 Å². The fraction of sp³-hybridized carbons (Fsp3) is 0.250. The molecule has 6 heteroatoms. The first kappa shape index (κ1) is 16.2. The summed E-state index contributed by atoms with van der Waals surface area (Å²) in [6.07, 6.45) is 3.23. The average molecular weight is 318 g/mol. The number of rotatable bonds is 5. The van der Waals surface area contributed by atoms with Crippen LogP contribution in [0.4, 0.5) is 5.69 Å². The van der Waals surface area contributed by atoms with Gasteiger partial charge in [0, 0.05) is 41.5 Å². The second-order valence-corrected chi connectivity index (χ2v) is 6.28. The molecule has 0 N–H and O–H groups in total. The molecular formula is C16H18N2O3S. The molecule has 116 valence electrons. The standard InChI is InChI=1S/C16H18N2O3S/c1-18(14-7-8-15(21-2)17-10-14)16(19)13-6-4-5-12(9-13)11-22(3)20/h4-10H,11H2,1-3H3. The minimum absolute atomic E-state index is 0.143. The Labute approximate surface area is 132 Å². The Hall–Kier alpha value is -2.21. The van der Waals surface area contributed by atoms with Crippen molar-refractivity contribution in [1.29, 1.82) is 0 Å². The summed E-state index contributed by atoms with van der Waals surface area (Å²) in [6, 6.07) is 10.7. The zero-order valence-corrected chi connectivity index (χ0v) is 13.6. The van der Waals surface area contributed by atoms with Gasteiger partial charge in [-0.05, 0) is 23.8 Å². The number of pyridine rings is 1. The molecule has 1 atom stereocenters. The van der Waals surface area contributed by atoms with E-state index in [0.717, 1.165) is 5.56 Å². The number of amides is 1. The Morgan fingerprint density at radius 2 is 2.09 bits per heavy atom. The van der Waals surface area contributed by atoms with Crippen molar-refractivity contribution in [3.8, 4) is 5.88 Å². The van der Waals surface area contributed by atoms with Crippen molar-refractivity contribution in [2.75, 3.05) is 25.3 Å². The van der Waals surface area contributed by atoms with Crippen molar-refractivity contribution in [2.45, 2.75) is 5.75 Å². The first-order valence-corrected chi connectivity index (χ1v) is 8.41. The molecule has 0 saturated carbocycles. The minimum Gasteiger partial charge on any atom is -0.481 e. The molecule has 0 radical (unpaired) electrons. The summed E-state index contributed by atoms with van der Waals surface area (Å²) in [5.74, 6) is 0.794. The van der Waals surface area contributed by atoms with Crippen molar-refractivity contribution in [3.05, 3.63) is 53.7 Å². The number of nitrogens with zero attached hydrogens (tertiary/aromatic N) is 2. The van der Waals surface area contributed by atoms with Gasteiger partial charge in [0.05, 0.1) is 19.0 Å². The minimum atomic E-state index is -0.937. The summed E-state index contributed by atoms with van der Waals surface area (Å²) in [5.41, 5.74) is 2.12. The van der Waals surface area contributed by atoms with Gasteiger partial charge in [-0.1, -0.05) is 12.1 Å². The summed E-state index contributed by atoms with van der Waals surface area (Å²) in [5, 5.41) is 0. The van der Waals surface area contributed by atoms with E-state index in [4.69, 9.17) is 4.74 Å². The SMILES string of the molecule is COc1ccc(N(C)C(=O)c2cccc(CS(C)=O)c2)cn1. The van der Waals surface area contributed by atoms with E-state index in [0.29, 0.717) is 22.9 Å². The number of carbonyl (C=O) groups is 1. The molecule has 0 bridgehead atoms. The predicted octanol–water partition coefficient (Wildman–Crippen LogP) is 2.25. The molecule has 0 spiro atoms. The van der Waals surface area contributed by atoms with Crippen molar-refractivity contribution in [1.82, 2.24) is 4.98 Å². The maximum absolute atomic E-state index is 12.5. The average Bonchev–Trinajstić information content (AvgIpc) is 2.53. The fourth-order valence-electron chi connectivity index (χ4n) is 2.03. The number of hydrogen-bond acceptors (Lipinski definition) is 4. The van der Waals surface area contributed by atoms with Gasteiger partial charge in [0.15, 0.2) is 0 Å². The van der Waals surface area contributed by atoms with Crippen LogP contribution in [0.3, 0.4) is 0 Å². The van der Waals surface area contributed by atoms with Crippen LogP contribution in [0.2, 0.25) is 0 Å². The molecule has 1 unspecified atom stereocenters. The Morgan fingerprint density at radius 3 is 2.68 bits per heavy atom. The van der Waals surface area contributed by atoms with Crippen molar-refractivity contribution >= 4 is 22.4 Å². The number of ether oxygens (including phenoxy) is 1. The number of anilines is 1. The van der Waals surface area contributed by atoms with Crippen LogP contribution in [0.25, 0.3) is 0 Å². The normalized spacial score (nSPS) is 11.8. The van der Waals surface area contributed by atoms with Gasteiger partial charge < -0.3 is 9.64 Å². The first-order valence-electron chi connectivity index (χ1n) is 6.68. The highest BCUT2D eigenvalue weighted by Crippen LogP contribution is 2.18. The van der Waals surface area contributed by atoms with Gasteiger partial charge in [0.1, 0.15) is 0 Å². The van der Waals surface area contributed by atoms with Crippen molar-refractivity contribution in [2.24, 2.45) is 0 Å². The number of benzene rings is 1. The van der Waals surface area contributed by atoms with Crippen LogP contribution in [0.5, 0.6) is 5.88 Å². The zero-order valence-electron chi connectivity index (χ0n) is 12.8. The maximum Gasteiger partial charge on any atom is 0.258 e. The lowest BCUT2D eigenvalue weighted by atomic mass is 10.1. The van der Waals surface area contributed by atoms with Crippen LogP contribution in [0, 0.1) is 0 Å². The van der Waals surface area contributed by atoms with Crippen LogP contribution in [0.15, 0.2) is 42.6 Å². The summed E-state index contributed by atoms with van der Waals surface area (Å²) in [6.45, 7) is 0. The van der Waals surface area contributed by atoms with E-state index in [1.807, 2.05) is 6.07 Å². The molecule has 0 aliphatic heterocycles. The summed E-state index contributed by atoms with van der Waals surface area (Å²) >= 11 is 0. The lowest BCUT2D eigenvalue weighted by Gasteiger charge is -2.17. The number of methoxy groups -OCH3 is 1. The van der Waals surface area contributed by atoms with Gasteiger partial charge in [0.25, 0.3) is 5.91 Å². The second kappa shape index (κ2) is 7.17. The van der Waals surface area contributed by atoms with Gasteiger partial charge in [-0.2, -0.15) is 0 Å². The van der Waals surface area contributed by atoms with Gasteiger partial charge in [0.2, 0.25) is 5.88 Å². The molecule has 22 heavy (non-hydrogen) atoms. The largest absolute Gasteiger partial charge is 0.481 e. The highest BCUT2D eigenvalue weighted by atomic mass is 32.2. The van der Waals surface area contributed by atoms with Gasteiger partial charge >= 0.3 is 0 Å². The van der Waals surface area contributed by atoms with Gasteiger partial charge in [-0.3, -0.25) is 9.00 Å². The molecule has 1 aromatic heterocycles. The molecule has 0 aliphatic carbocycles. The summed E-state index contributed by atoms with van der Waals surface area (Å²) < 4.78 is 16.3. The first-order chi connectivity index (χ1) is 10.5. The van der Waals surface area contributed by atoms with E-state index in [1.165, 1.54) is 4.90 Å². The van der Waals surface area contributed by atoms with Crippen LogP contribution in [-0.2, 0) is 16.6 Å². The molecule has 0 aliphatic rings. The molecule has 1 amide bonds. The maximum atomic E-state index is 12.5. The number of hydrogen-bond donors (Lipinski definition) is 0. The predicted molar refractivity (Wildman–Crippen MR) is 87.7 cm³/mol. The third-order valence-corrected chi connectivity index (χ3v) is 3.91. The quantitative estimate of drug-likeness (QED) is 0.848. The Bertz CT molecular complexity index is 686. The second-order valence-electron chi connectivity index (χ2n) is 4.84. The highest BCUT2D eigenvalue weighted by molar-refractivity contribution is 7.83. The third-order valence-electron chi connectivity index (χ3n) is 3.17. The molecule has 5 nitrogen and oxygen atoms in total. The van der Waals surface area contributed by atoms with Crippen molar-refractivity contribution in [3.63, 3.8) is 0 Å². The highest BCUT2D eigenvalue weighted by Gasteiger charge is 2.14.